The van der Waals surface area contributed by atoms with Crippen LogP contribution in [0.3, 0.4) is 0 Å². The molecule has 0 aromatic rings. The molecule has 3 unspecified atom stereocenters. The topological polar surface area (TPSA) is 29.1 Å². The minimum atomic E-state index is -0.277. The largest absolute Gasteiger partial charge is 0.345 e. The monoisotopic (exact) mass is 299 g/mol. The Balaban J connectivity index is 1.62. The molecule has 3 aliphatic carbocycles. The first-order valence-electron chi connectivity index (χ1n) is 8.98. The van der Waals surface area contributed by atoms with Crippen molar-refractivity contribution in [3.05, 3.63) is 12.2 Å². The summed E-state index contributed by atoms with van der Waals surface area (Å²) in [5.41, 5.74) is 2.12. The molecule has 0 heterocycles. The van der Waals surface area contributed by atoms with Crippen LogP contribution in [0.1, 0.15) is 58.3 Å². The van der Waals surface area contributed by atoms with E-state index >= 15 is 0 Å². The summed E-state index contributed by atoms with van der Waals surface area (Å²) in [5, 5.41) is 2.81. The summed E-state index contributed by atoms with van der Waals surface area (Å²) in [5.74, 6) is 5.20. The van der Waals surface area contributed by atoms with Crippen LogP contribution in [0.5, 0.6) is 0 Å². The van der Waals surface area contributed by atoms with Gasteiger partial charge in [-0.25, -0.2) is 0 Å². The third-order valence-electron chi connectivity index (χ3n) is 6.90. The molecule has 3 aliphatic rings. The molecule has 3 fully saturated rings. The summed E-state index contributed by atoms with van der Waals surface area (Å²) in [6, 6.07) is 0. The van der Waals surface area contributed by atoms with Gasteiger partial charge in [-0.15, -0.1) is 6.42 Å². The Kier molecular flexibility index (Phi) is 4.35. The molecule has 3 rings (SSSR count). The molecule has 2 heteroatoms. The van der Waals surface area contributed by atoms with E-state index in [1.807, 2.05) is 0 Å². The van der Waals surface area contributed by atoms with Crippen LogP contribution >= 0.6 is 0 Å². The molecule has 5 atom stereocenters. The Morgan fingerprint density at radius 1 is 1.45 bits per heavy atom. The zero-order chi connectivity index (χ0) is 15.7. The normalized spacial score (nSPS) is 39.9. The van der Waals surface area contributed by atoms with Gasteiger partial charge in [0.05, 0.1) is 0 Å². The molecule has 120 valence electrons. The molecule has 1 N–H and O–H groups in total. The van der Waals surface area contributed by atoms with Gasteiger partial charge in [0, 0.05) is 6.54 Å². The number of terminal acetylenes is 1. The highest BCUT2D eigenvalue weighted by molar-refractivity contribution is 5.92. The molecule has 1 amide bonds. The molecule has 22 heavy (non-hydrogen) atoms. The van der Waals surface area contributed by atoms with Gasteiger partial charge in [0.1, 0.15) is 0 Å². The highest BCUT2D eigenvalue weighted by atomic mass is 16.1. The second-order valence-electron chi connectivity index (χ2n) is 8.00. The average Bonchev–Trinajstić information content (AvgIpc) is 2.76. The molecule has 3 saturated carbocycles. The second kappa shape index (κ2) is 6.11. The van der Waals surface area contributed by atoms with Crippen LogP contribution < -0.4 is 5.32 Å². The van der Waals surface area contributed by atoms with Gasteiger partial charge in [0.2, 0.25) is 0 Å². The Labute approximate surface area is 135 Å². The van der Waals surface area contributed by atoms with Gasteiger partial charge in [-0.1, -0.05) is 19.1 Å². The van der Waals surface area contributed by atoms with Gasteiger partial charge in [0.15, 0.2) is 0 Å². The van der Waals surface area contributed by atoms with Crippen molar-refractivity contribution in [2.45, 2.75) is 58.3 Å². The van der Waals surface area contributed by atoms with E-state index in [9.17, 15) is 4.79 Å². The smallest absolute Gasteiger partial charge is 0.295 e. The molecular weight excluding hydrogens is 270 g/mol. The van der Waals surface area contributed by atoms with Crippen molar-refractivity contribution in [2.75, 3.05) is 6.54 Å². The number of hydrogen-bond donors (Lipinski definition) is 1. The van der Waals surface area contributed by atoms with Crippen molar-refractivity contribution < 1.29 is 4.79 Å². The molecule has 0 aromatic heterocycles. The van der Waals surface area contributed by atoms with Crippen LogP contribution in [0.25, 0.3) is 0 Å². The maximum absolute atomic E-state index is 11.1. The van der Waals surface area contributed by atoms with E-state index in [1.54, 1.807) is 0 Å². The standard InChI is InChI=1S/C20H29NO/c1-4-19(22)21-11-5-6-17-14(2)9-10-20-12-15(3)16(13-20)7-8-18(17)20/h1,14,16-18H,3,5-13H2,2H3,(H,21,22)/t14?,16-,17?,18?,20-/m1/s1. The zero-order valence-electron chi connectivity index (χ0n) is 13.9. The molecule has 2 bridgehead atoms. The van der Waals surface area contributed by atoms with Crippen LogP contribution in [0.2, 0.25) is 0 Å². The van der Waals surface area contributed by atoms with E-state index in [4.69, 9.17) is 6.42 Å². The van der Waals surface area contributed by atoms with Gasteiger partial charge in [-0.2, -0.15) is 0 Å². The van der Waals surface area contributed by atoms with E-state index in [0.717, 1.165) is 36.6 Å². The van der Waals surface area contributed by atoms with Gasteiger partial charge < -0.3 is 5.32 Å². The van der Waals surface area contributed by atoms with E-state index in [1.165, 1.54) is 50.5 Å². The van der Waals surface area contributed by atoms with E-state index in [0.29, 0.717) is 5.41 Å². The fraction of sp³-hybridized carbons (Fsp3) is 0.750. The van der Waals surface area contributed by atoms with Crippen LogP contribution in [0.15, 0.2) is 12.2 Å². The highest BCUT2D eigenvalue weighted by Gasteiger charge is 2.54. The summed E-state index contributed by atoms with van der Waals surface area (Å²) >= 11 is 0. The molecule has 0 saturated heterocycles. The van der Waals surface area contributed by atoms with E-state index < -0.39 is 0 Å². The molecule has 0 radical (unpaired) electrons. The first-order chi connectivity index (χ1) is 10.6. The predicted octanol–water partition coefficient (Wildman–Crippen LogP) is 3.92. The number of hydrogen-bond acceptors (Lipinski definition) is 1. The lowest BCUT2D eigenvalue weighted by Crippen LogP contribution is -2.43. The number of allylic oxidation sites excluding steroid dienone is 1. The van der Waals surface area contributed by atoms with Gasteiger partial charge in [-0.3, -0.25) is 4.79 Å². The number of rotatable bonds is 4. The maximum atomic E-state index is 11.1. The molecular formula is C20H29NO. The number of fused-ring (bicyclic) bond motifs is 1. The highest BCUT2D eigenvalue weighted by Crippen LogP contribution is 2.64. The number of carbonyl (C=O) groups excluding carboxylic acids is 1. The summed E-state index contributed by atoms with van der Waals surface area (Å²) in [4.78, 5) is 11.1. The van der Waals surface area contributed by atoms with Crippen molar-refractivity contribution in [3.8, 4) is 12.3 Å². The average molecular weight is 299 g/mol. The van der Waals surface area contributed by atoms with Crippen LogP contribution in [-0.4, -0.2) is 12.5 Å². The lowest BCUT2D eigenvalue weighted by Gasteiger charge is -2.51. The van der Waals surface area contributed by atoms with Crippen molar-refractivity contribution in [1.82, 2.24) is 5.32 Å². The van der Waals surface area contributed by atoms with Gasteiger partial charge in [-0.05, 0) is 86.4 Å². The molecule has 0 aromatic carbocycles. The quantitative estimate of drug-likeness (QED) is 0.476. The van der Waals surface area contributed by atoms with E-state index in [-0.39, 0.29) is 5.91 Å². The van der Waals surface area contributed by atoms with Crippen molar-refractivity contribution in [2.24, 2.45) is 29.1 Å². The predicted molar refractivity (Wildman–Crippen MR) is 90.0 cm³/mol. The fourth-order valence-electron chi connectivity index (χ4n) is 5.83. The SMILES string of the molecule is C#CC(=O)NCCCC1C(C)CC[C@]23CC(=C)[C@H](CCC12)C3. The number of carbonyl (C=O) groups is 1. The number of amides is 1. The minimum Gasteiger partial charge on any atom is -0.345 e. The van der Waals surface area contributed by atoms with Crippen LogP contribution in [0, 0.1) is 41.4 Å². The van der Waals surface area contributed by atoms with Crippen molar-refractivity contribution in [1.29, 1.82) is 0 Å². The Bertz CT molecular complexity index is 502. The lowest BCUT2D eigenvalue weighted by molar-refractivity contribution is -0.115. The van der Waals surface area contributed by atoms with E-state index in [2.05, 4.69) is 24.7 Å². The minimum absolute atomic E-state index is 0.277. The third-order valence-corrected chi connectivity index (χ3v) is 6.90. The summed E-state index contributed by atoms with van der Waals surface area (Å²) in [6.45, 7) is 7.53. The van der Waals surface area contributed by atoms with Crippen molar-refractivity contribution in [3.63, 3.8) is 0 Å². The first kappa shape index (κ1) is 15.7. The van der Waals surface area contributed by atoms with Crippen LogP contribution in [-0.2, 0) is 4.79 Å². The Hall–Kier alpha value is -1.23. The zero-order valence-corrected chi connectivity index (χ0v) is 13.9. The lowest BCUT2D eigenvalue weighted by atomic mass is 9.53. The number of nitrogens with one attached hydrogen (secondary N) is 1. The second-order valence-corrected chi connectivity index (χ2v) is 8.00. The summed E-state index contributed by atoms with van der Waals surface area (Å²) < 4.78 is 0. The Morgan fingerprint density at radius 2 is 2.27 bits per heavy atom. The summed E-state index contributed by atoms with van der Waals surface area (Å²) in [6.07, 6.45) is 15.6. The first-order valence-corrected chi connectivity index (χ1v) is 8.98. The van der Waals surface area contributed by atoms with Crippen LogP contribution in [0.4, 0.5) is 0 Å². The third kappa shape index (κ3) is 2.71. The van der Waals surface area contributed by atoms with Gasteiger partial charge in [0.25, 0.3) is 5.91 Å². The summed E-state index contributed by atoms with van der Waals surface area (Å²) in [7, 11) is 0. The molecule has 0 aliphatic heterocycles. The van der Waals surface area contributed by atoms with Crippen molar-refractivity contribution >= 4 is 5.91 Å². The van der Waals surface area contributed by atoms with Gasteiger partial charge >= 0.3 is 0 Å². The maximum Gasteiger partial charge on any atom is 0.295 e. The Morgan fingerprint density at radius 3 is 3.05 bits per heavy atom. The molecule has 2 nitrogen and oxygen atoms in total. The molecule has 1 spiro atoms. The fourth-order valence-corrected chi connectivity index (χ4v) is 5.83.